The molecule has 0 unspecified atom stereocenters. The molecule has 0 spiro atoms. The first-order valence-electron chi connectivity index (χ1n) is 31.3. The molecule has 6 aliphatic heterocycles. The maximum atomic E-state index is 14.1. The van der Waals surface area contributed by atoms with E-state index in [2.05, 4.69) is 32.3 Å². The number of nitrogens with one attached hydrogen (secondary N) is 6. The highest BCUT2D eigenvalue weighted by atomic mass is 16.8. The van der Waals surface area contributed by atoms with Gasteiger partial charge in [-0.2, -0.15) is 0 Å². The molecule has 528 valence electrons. The third-order valence-electron chi connectivity index (χ3n) is 15.3. The van der Waals surface area contributed by atoms with E-state index in [1.807, 2.05) is 0 Å². The number of carbonyl (C=O) groups is 8. The molecule has 1 saturated carbocycles. The number of imide groups is 1. The number of ether oxygens (including phenoxy) is 12. The standard InChI is InChI=1S/C61H95N9O24/c1-56(2,3)89-50(77)62-24-31-39(72)40(73)34(63-51(78)90-57(4,5)6)47(83-31)86-42-30(65-67-53(80)92-59(10,11)12)23-29(64-66-52(79)91-58(7,8)9)38(71)44(42)88-49-41(74)43(33(85-49)26-69-45(75)27-21-19-20-22-28(27)46(69)76)87-48-37-36(70(37)55(82)94-61(16,17)18)35-32(84-48)25-68(35)54(81)93-60(13,14)15/h19-22,29-44,47-49,64-65,71-74H,23-26H2,1-18H3,(H,62,77)(H,63,78)(H,66,79)(H,67,80)/t29-,30+,31-,32+,33-,34-,35-,36-,37-,38+,39-,40-,41-,42-,43-,44-,47-,48-,49+,70?/m1/s1. The number of aliphatic hydroxyl groups is 4. The van der Waals surface area contributed by atoms with Crippen LogP contribution in [0, 0.1) is 0 Å². The summed E-state index contributed by atoms with van der Waals surface area (Å²) in [5, 5.41) is 54.3. The molecule has 94 heavy (non-hydrogen) atoms. The van der Waals surface area contributed by atoms with Gasteiger partial charge in [-0.05, 0) is 143 Å². The number of carbonyl (C=O) groups excluding carboxylic acids is 8. The van der Waals surface area contributed by atoms with Crippen molar-refractivity contribution in [2.75, 3.05) is 19.6 Å². The van der Waals surface area contributed by atoms with E-state index in [4.69, 9.17) is 56.8 Å². The van der Waals surface area contributed by atoms with Crippen molar-refractivity contribution in [1.82, 2.24) is 47.0 Å². The number of nitrogens with zero attached hydrogens (tertiary/aromatic N) is 3. The van der Waals surface area contributed by atoms with Gasteiger partial charge >= 0.3 is 36.6 Å². The maximum absolute atomic E-state index is 14.1. The highest BCUT2D eigenvalue weighted by Crippen LogP contribution is 2.50. The molecule has 0 aromatic heterocycles. The molecule has 10 N–H and O–H groups in total. The van der Waals surface area contributed by atoms with E-state index in [1.54, 1.807) is 137 Å². The first-order chi connectivity index (χ1) is 43.3. The highest BCUT2D eigenvalue weighted by Gasteiger charge is 2.72. The predicted octanol–water partition coefficient (Wildman–Crippen LogP) is 2.28. The predicted molar refractivity (Wildman–Crippen MR) is 323 cm³/mol. The summed E-state index contributed by atoms with van der Waals surface area (Å²) < 4.78 is 73.2. The minimum Gasteiger partial charge on any atom is -0.444 e. The second-order valence-corrected chi connectivity index (χ2v) is 30.2. The Kier molecular flexibility index (Phi) is 21.5. The Hall–Kier alpha value is -6.50. The van der Waals surface area contributed by atoms with Gasteiger partial charge in [-0.25, -0.2) is 39.6 Å². The molecule has 0 radical (unpaired) electrons. The summed E-state index contributed by atoms with van der Waals surface area (Å²) >= 11 is 0. The minimum atomic E-state index is -2.01. The number of amides is 8. The van der Waals surface area contributed by atoms with Gasteiger partial charge in [0.2, 0.25) is 0 Å². The van der Waals surface area contributed by atoms with Crippen molar-refractivity contribution in [3.8, 4) is 0 Å². The zero-order chi connectivity index (χ0) is 69.9. The van der Waals surface area contributed by atoms with Crippen molar-refractivity contribution in [3.63, 3.8) is 0 Å². The van der Waals surface area contributed by atoms with Gasteiger partial charge in [0.25, 0.3) is 11.8 Å². The first-order valence-corrected chi connectivity index (χ1v) is 31.3. The molecule has 0 bridgehead atoms. The van der Waals surface area contributed by atoms with Crippen LogP contribution in [-0.4, -0.2) is 253 Å². The van der Waals surface area contributed by atoms with Crippen LogP contribution in [0.5, 0.6) is 0 Å². The molecule has 33 nitrogen and oxygen atoms in total. The Morgan fingerprint density at radius 2 is 0.979 bits per heavy atom. The average molecular weight is 1340 g/mol. The lowest BCUT2D eigenvalue weighted by molar-refractivity contribution is -0.311. The molecule has 19 atom stereocenters. The number of hydrazine groups is 2. The van der Waals surface area contributed by atoms with Crippen molar-refractivity contribution < 1.29 is 116 Å². The Morgan fingerprint density at radius 3 is 1.52 bits per heavy atom. The van der Waals surface area contributed by atoms with Crippen LogP contribution in [0.15, 0.2) is 24.3 Å². The molecule has 6 fully saturated rings. The van der Waals surface area contributed by atoms with E-state index >= 15 is 0 Å². The summed E-state index contributed by atoms with van der Waals surface area (Å²) in [6.45, 7) is 28.1. The van der Waals surface area contributed by atoms with E-state index in [9.17, 15) is 58.8 Å². The molecular formula is C61H95N9O24. The summed E-state index contributed by atoms with van der Waals surface area (Å²) in [5.74, 6) is -1.45. The fraction of sp³-hybridized carbons (Fsp3) is 0.770. The summed E-state index contributed by atoms with van der Waals surface area (Å²) in [6.07, 6.45) is -28.3. The molecule has 33 heteroatoms. The Bertz CT molecular complexity index is 2920. The van der Waals surface area contributed by atoms with E-state index in [0.29, 0.717) is 0 Å². The monoisotopic (exact) mass is 1340 g/mol. The topological polar surface area (TPSA) is 410 Å². The third kappa shape index (κ3) is 18.1. The molecule has 6 heterocycles. The van der Waals surface area contributed by atoms with Crippen LogP contribution in [0.3, 0.4) is 0 Å². The Labute approximate surface area is 545 Å². The summed E-state index contributed by atoms with van der Waals surface area (Å²) in [4.78, 5) is 113. The Balaban J connectivity index is 1.19. The fourth-order valence-electron chi connectivity index (χ4n) is 11.6. The number of likely N-dealkylation sites (tertiary alicyclic amines) is 1. The normalized spacial score (nSPS) is 32.6. The number of fused-ring (bicyclic) bond motifs is 4. The third-order valence-corrected chi connectivity index (χ3v) is 15.3. The van der Waals surface area contributed by atoms with Gasteiger partial charge in [0.05, 0.1) is 54.5 Å². The van der Waals surface area contributed by atoms with Crippen LogP contribution in [0.1, 0.15) is 152 Å². The smallest absolute Gasteiger partial charge is 0.422 e. The molecule has 1 aromatic rings. The second-order valence-electron chi connectivity index (χ2n) is 30.2. The first kappa shape index (κ1) is 73.3. The largest absolute Gasteiger partial charge is 0.444 e. The number of benzene rings is 1. The van der Waals surface area contributed by atoms with Gasteiger partial charge in [0.15, 0.2) is 18.9 Å². The van der Waals surface area contributed by atoms with E-state index in [-0.39, 0.29) is 24.1 Å². The van der Waals surface area contributed by atoms with Gasteiger partial charge in [-0.1, -0.05) is 12.1 Å². The molecule has 1 aliphatic carbocycles. The number of alkyl carbamates (subject to hydrolysis) is 2. The van der Waals surface area contributed by atoms with Crippen LogP contribution in [0.2, 0.25) is 0 Å². The highest BCUT2D eigenvalue weighted by molar-refractivity contribution is 6.21. The second kappa shape index (κ2) is 27.6. The lowest BCUT2D eigenvalue weighted by Gasteiger charge is -2.50. The van der Waals surface area contributed by atoms with E-state index < -0.39 is 211 Å². The van der Waals surface area contributed by atoms with Gasteiger partial charge in [-0.3, -0.25) is 35.1 Å². The van der Waals surface area contributed by atoms with Crippen LogP contribution in [-0.2, 0) is 56.8 Å². The molecule has 1 aromatic carbocycles. The van der Waals surface area contributed by atoms with Gasteiger partial charge in [0, 0.05) is 6.54 Å². The lowest BCUT2D eigenvalue weighted by Crippen LogP contribution is -2.71. The fourth-order valence-corrected chi connectivity index (χ4v) is 11.6. The molecule has 5 saturated heterocycles. The van der Waals surface area contributed by atoms with Crippen molar-refractivity contribution in [1.29, 1.82) is 0 Å². The van der Waals surface area contributed by atoms with Crippen LogP contribution in [0.25, 0.3) is 0 Å². The average Bonchev–Trinajstić information content (AvgIpc) is 1.52. The number of rotatable bonds is 15. The number of hydrogen-bond acceptors (Lipinski definition) is 26. The summed E-state index contributed by atoms with van der Waals surface area (Å²) in [5.41, 5.74) is 4.55. The van der Waals surface area contributed by atoms with Gasteiger partial charge in [0.1, 0.15) is 101 Å². The van der Waals surface area contributed by atoms with Crippen molar-refractivity contribution in [3.05, 3.63) is 35.4 Å². The maximum Gasteiger partial charge on any atom is 0.422 e. The Morgan fingerprint density at radius 1 is 0.500 bits per heavy atom. The zero-order valence-electron chi connectivity index (χ0n) is 56.4. The van der Waals surface area contributed by atoms with E-state index in [0.717, 1.165) is 4.90 Å². The zero-order valence-corrected chi connectivity index (χ0v) is 56.4. The minimum absolute atomic E-state index is 0.00841. The van der Waals surface area contributed by atoms with Crippen molar-refractivity contribution in [2.24, 2.45) is 0 Å². The lowest BCUT2D eigenvalue weighted by atomic mass is 9.83. The van der Waals surface area contributed by atoms with Gasteiger partial charge in [-0.15, -0.1) is 0 Å². The summed E-state index contributed by atoms with van der Waals surface area (Å²) in [6, 6.07) is -0.956. The van der Waals surface area contributed by atoms with Crippen molar-refractivity contribution in [2.45, 2.75) is 281 Å². The molecule has 7 aliphatic rings. The number of hydrogen-bond donors (Lipinski definition) is 10. The van der Waals surface area contributed by atoms with Crippen LogP contribution < -0.4 is 32.3 Å². The van der Waals surface area contributed by atoms with Crippen LogP contribution >= 0.6 is 0 Å². The van der Waals surface area contributed by atoms with Crippen LogP contribution in [0.4, 0.5) is 28.8 Å². The molecule has 8 rings (SSSR count). The SMILES string of the molecule is CC(C)(C)OC(=O)NC[C@H]1O[C@H](O[C@H]2[C@H](O[C@@H]3O[C@H](CN4C(=O)c5ccccc5C4=O)[C@@H](O[C@H]4O[C@H]5CN(C(=O)OC(C)(C)C)[C@H]5[C@@H]5[C@H]4N5C(=O)OC(C)(C)C)[C@H]3O)[C@@H](O)[C@H](NNC(=O)OC(C)(C)C)C[C@@H]2NNC(=O)OC(C)(C)C)[C@H](NC(=O)OC(C)(C)C)[C@@H](O)[C@@H]1O. The number of aliphatic hydroxyl groups excluding tert-OH is 4. The quantitative estimate of drug-likeness (QED) is 0.0521. The summed E-state index contributed by atoms with van der Waals surface area (Å²) in [7, 11) is 0. The van der Waals surface area contributed by atoms with Crippen molar-refractivity contribution >= 4 is 48.4 Å². The molecular weight excluding hydrogens is 1240 g/mol. The van der Waals surface area contributed by atoms with Gasteiger partial charge < -0.3 is 87.9 Å². The molecule has 8 amide bonds. The van der Waals surface area contributed by atoms with E-state index in [1.165, 1.54) is 21.9 Å².